The number of hydrogen-bond donors (Lipinski definition) is 0. The topological polar surface area (TPSA) is 61.8 Å². The molecule has 51 heavy (non-hydrogen) atoms. The second-order valence-electron chi connectivity index (χ2n) is 13.2. The maximum absolute atomic E-state index is 12.7. The normalized spacial score (nSPS) is 12.9. The van der Waals surface area contributed by atoms with E-state index in [1.54, 1.807) is 60.7 Å². The number of hydrogen-bond acceptors (Lipinski definition) is 5. The van der Waals surface area contributed by atoms with E-state index in [1.807, 2.05) is 30.4 Å². The average molecular weight is 699 g/mol. The van der Waals surface area contributed by atoms with Crippen molar-refractivity contribution in [3.63, 3.8) is 0 Å². The first-order chi connectivity index (χ1) is 24.8. The van der Waals surface area contributed by atoms with Gasteiger partial charge in [-0.25, -0.2) is 9.59 Å². The van der Waals surface area contributed by atoms with Gasteiger partial charge in [-0.15, -0.1) is 0 Å². The minimum atomic E-state index is -2.50. The Kier molecular flexibility index (Phi) is 15.6. The molecule has 0 saturated carbocycles. The van der Waals surface area contributed by atoms with E-state index in [-0.39, 0.29) is 11.6 Å². The third-order valence-corrected chi connectivity index (χ3v) is 13.5. The molecule has 4 aromatic rings. The summed E-state index contributed by atoms with van der Waals surface area (Å²) in [6.07, 6.45) is 18.5. The standard InChI is InChI=1S/C45H50O5Si/c1-45(2,3)51(41-32-20-13-21-33-41,42-34-22-14-23-35-42)49-37-24-10-8-6-4-5-7-9-19-30-40(50-44(47)39-28-17-12-18-29-39)31-25-36-48-43(46)38-26-15-11-16-27-38/h4-9,11-18,20-23,25-29,31-35,40H,10,19,24,30,36-37H2,1-3H3/b5-4+,8-6+,9-7+,31-25-. The van der Waals surface area contributed by atoms with Gasteiger partial charge < -0.3 is 13.9 Å². The fraction of sp³-hybridized carbons (Fsp3) is 0.244. The Labute approximate surface area is 305 Å². The number of carbonyl (C=O) groups is 2. The molecule has 0 N–H and O–H groups in total. The van der Waals surface area contributed by atoms with Crippen molar-refractivity contribution in [2.24, 2.45) is 0 Å². The first-order valence-corrected chi connectivity index (χ1v) is 19.6. The fourth-order valence-electron chi connectivity index (χ4n) is 5.89. The Morgan fingerprint density at radius 1 is 0.627 bits per heavy atom. The molecule has 0 aliphatic heterocycles. The second kappa shape index (κ2) is 20.6. The van der Waals surface area contributed by atoms with Crippen LogP contribution in [0, 0.1) is 0 Å². The Morgan fingerprint density at radius 3 is 1.65 bits per heavy atom. The van der Waals surface area contributed by atoms with Crippen molar-refractivity contribution >= 4 is 30.6 Å². The van der Waals surface area contributed by atoms with E-state index in [4.69, 9.17) is 13.9 Å². The Morgan fingerprint density at radius 2 is 1.12 bits per heavy atom. The minimum absolute atomic E-state index is 0.0299. The molecule has 5 nitrogen and oxygen atoms in total. The van der Waals surface area contributed by atoms with E-state index in [0.717, 1.165) is 12.8 Å². The predicted molar refractivity (Wildman–Crippen MR) is 211 cm³/mol. The SMILES string of the molecule is CC(C)(C)[Si](OCCC/C=C/C=C/C=C/CCC(/C=C\COC(=O)c1ccccc1)OC(=O)c1ccccc1)(c1ccccc1)c1ccccc1. The maximum Gasteiger partial charge on any atom is 0.338 e. The van der Waals surface area contributed by atoms with Gasteiger partial charge in [-0.05, 0) is 77.5 Å². The molecule has 0 aromatic heterocycles. The van der Waals surface area contributed by atoms with Crippen LogP contribution in [0.5, 0.6) is 0 Å². The van der Waals surface area contributed by atoms with Crippen LogP contribution in [0.1, 0.15) is 67.2 Å². The average Bonchev–Trinajstić information content (AvgIpc) is 3.16. The monoisotopic (exact) mass is 698 g/mol. The van der Waals surface area contributed by atoms with Crippen LogP contribution in [0.4, 0.5) is 0 Å². The van der Waals surface area contributed by atoms with Crippen LogP contribution in [0.3, 0.4) is 0 Å². The van der Waals surface area contributed by atoms with E-state index in [0.29, 0.717) is 30.6 Å². The molecule has 4 aromatic carbocycles. The largest absolute Gasteiger partial charge is 0.458 e. The zero-order valence-electron chi connectivity index (χ0n) is 30.0. The molecule has 0 spiro atoms. The summed E-state index contributed by atoms with van der Waals surface area (Å²) in [5, 5.41) is 2.57. The predicted octanol–water partition coefficient (Wildman–Crippen LogP) is 9.43. The zero-order chi connectivity index (χ0) is 36.2. The molecule has 0 radical (unpaired) electrons. The first kappa shape index (κ1) is 38.8. The summed E-state index contributed by atoms with van der Waals surface area (Å²) in [5.41, 5.74) is 0.984. The van der Waals surface area contributed by atoms with E-state index in [1.165, 1.54) is 10.4 Å². The Hall–Kier alpha value is -5.04. The Balaban J connectivity index is 1.24. The highest BCUT2D eigenvalue weighted by molar-refractivity contribution is 6.99. The zero-order valence-corrected chi connectivity index (χ0v) is 31.0. The number of rotatable bonds is 18. The molecule has 0 bridgehead atoms. The summed E-state index contributed by atoms with van der Waals surface area (Å²) in [6.45, 7) is 7.69. The summed E-state index contributed by atoms with van der Waals surface area (Å²) in [4.78, 5) is 25.0. The van der Waals surface area contributed by atoms with Gasteiger partial charge in [0.2, 0.25) is 0 Å². The molecule has 1 atom stereocenters. The lowest BCUT2D eigenvalue weighted by atomic mass is 10.1. The van der Waals surface area contributed by atoms with Gasteiger partial charge in [0.05, 0.1) is 11.1 Å². The molecule has 0 heterocycles. The molecule has 0 fully saturated rings. The van der Waals surface area contributed by atoms with E-state index in [9.17, 15) is 9.59 Å². The third-order valence-electron chi connectivity index (χ3n) is 8.41. The molecular formula is C45H50O5Si. The van der Waals surface area contributed by atoms with Crippen molar-refractivity contribution < 1.29 is 23.5 Å². The van der Waals surface area contributed by atoms with Crippen LogP contribution >= 0.6 is 0 Å². The summed E-state index contributed by atoms with van der Waals surface area (Å²) in [5.74, 6) is -0.789. The van der Waals surface area contributed by atoms with Gasteiger partial charge in [-0.2, -0.15) is 0 Å². The van der Waals surface area contributed by atoms with E-state index >= 15 is 0 Å². The number of esters is 2. The molecule has 4 rings (SSSR count). The highest BCUT2D eigenvalue weighted by Crippen LogP contribution is 2.36. The summed E-state index contributed by atoms with van der Waals surface area (Å²) in [6, 6.07) is 39.3. The highest BCUT2D eigenvalue weighted by Gasteiger charge is 2.49. The number of benzene rings is 4. The molecular weight excluding hydrogens is 649 g/mol. The van der Waals surface area contributed by atoms with Crippen LogP contribution in [0.2, 0.25) is 5.04 Å². The molecule has 0 saturated heterocycles. The molecule has 264 valence electrons. The van der Waals surface area contributed by atoms with Crippen LogP contribution in [0.15, 0.2) is 170 Å². The highest BCUT2D eigenvalue weighted by atomic mass is 28.4. The van der Waals surface area contributed by atoms with Gasteiger partial charge in [0.1, 0.15) is 12.7 Å². The van der Waals surface area contributed by atoms with E-state index < -0.39 is 26.4 Å². The molecule has 6 heteroatoms. The van der Waals surface area contributed by atoms with Crippen molar-refractivity contribution in [3.05, 3.63) is 181 Å². The quantitative estimate of drug-likeness (QED) is 0.0341. The van der Waals surface area contributed by atoms with Crippen molar-refractivity contribution in [2.45, 2.75) is 57.6 Å². The van der Waals surface area contributed by atoms with Crippen LogP contribution in [0.25, 0.3) is 0 Å². The van der Waals surface area contributed by atoms with Gasteiger partial charge in [0.15, 0.2) is 0 Å². The van der Waals surface area contributed by atoms with Gasteiger partial charge in [0.25, 0.3) is 8.32 Å². The maximum atomic E-state index is 12.7. The second-order valence-corrected chi connectivity index (χ2v) is 17.5. The lowest BCUT2D eigenvalue weighted by Gasteiger charge is -2.43. The van der Waals surface area contributed by atoms with Gasteiger partial charge in [-0.3, -0.25) is 0 Å². The molecule has 0 aliphatic rings. The van der Waals surface area contributed by atoms with Crippen LogP contribution in [-0.4, -0.2) is 39.6 Å². The first-order valence-electron chi connectivity index (χ1n) is 17.7. The van der Waals surface area contributed by atoms with Crippen molar-refractivity contribution in [3.8, 4) is 0 Å². The summed E-state index contributed by atoms with van der Waals surface area (Å²) in [7, 11) is -2.50. The number of carbonyl (C=O) groups excluding carboxylic acids is 2. The molecule has 0 aliphatic carbocycles. The van der Waals surface area contributed by atoms with Gasteiger partial charge in [0, 0.05) is 6.61 Å². The number of allylic oxidation sites excluding steroid dienone is 6. The van der Waals surface area contributed by atoms with Crippen molar-refractivity contribution in [1.82, 2.24) is 0 Å². The Bertz CT molecular complexity index is 1680. The fourth-order valence-corrected chi connectivity index (χ4v) is 10.5. The van der Waals surface area contributed by atoms with Crippen molar-refractivity contribution in [2.75, 3.05) is 13.2 Å². The molecule has 0 amide bonds. The number of unbranched alkanes of at least 4 members (excludes halogenated alkanes) is 1. The van der Waals surface area contributed by atoms with Crippen LogP contribution in [-0.2, 0) is 13.9 Å². The summed E-state index contributed by atoms with van der Waals surface area (Å²) >= 11 is 0. The van der Waals surface area contributed by atoms with Crippen molar-refractivity contribution in [1.29, 1.82) is 0 Å². The lowest BCUT2D eigenvalue weighted by molar-refractivity contribution is 0.0376. The minimum Gasteiger partial charge on any atom is -0.458 e. The molecule has 1 unspecified atom stereocenters. The summed E-state index contributed by atoms with van der Waals surface area (Å²) < 4.78 is 18.1. The number of ether oxygens (including phenoxy) is 2. The third kappa shape index (κ3) is 12.1. The smallest absolute Gasteiger partial charge is 0.338 e. The lowest BCUT2D eigenvalue weighted by Crippen LogP contribution is -2.66. The van der Waals surface area contributed by atoms with Gasteiger partial charge >= 0.3 is 11.9 Å². The van der Waals surface area contributed by atoms with E-state index in [2.05, 4.69) is 99.7 Å². The van der Waals surface area contributed by atoms with Crippen LogP contribution < -0.4 is 10.4 Å². The van der Waals surface area contributed by atoms with Gasteiger partial charge in [-0.1, -0.05) is 154 Å².